The van der Waals surface area contributed by atoms with Crippen LogP contribution in [-0.4, -0.2) is 14.5 Å². The monoisotopic (exact) mass is 467 g/mol. The molecule has 0 radical (unpaired) electrons. The first-order valence-electron chi connectivity index (χ1n) is 11.7. The molecular weight excluding hydrogens is 446 g/mol. The number of fused-ring (bicyclic) bond motifs is 4. The number of benzene rings is 4. The van der Waals surface area contributed by atoms with Gasteiger partial charge in [-0.05, 0) is 48.9 Å². The van der Waals surface area contributed by atoms with Crippen LogP contribution in [0.4, 0.5) is 0 Å². The van der Waals surface area contributed by atoms with Crippen LogP contribution in [0.5, 0.6) is 0 Å². The number of hydrogen-bond donors (Lipinski definition) is 0. The number of pyridine rings is 1. The molecule has 3 aromatic heterocycles. The summed E-state index contributed by atoms with van der Waals surface area (Å²) in [5.74, 6) is 0.948. The van der Waals surface area contributed by atoms with Crippen LogP contribution in [-0.2, 0) is 0 Å². The van der Waals surface area contributed by atoms with Gasteiger partial charge in [0.05, 0.1) is 16.7 Å². The molecule has 35 heavy (non-hydrogen) atoms. The van der Waals surface area contributed by atoms with Crippen LogP contribution in [0.25, 0.3) is 59.5 Å². The number of imidazole rings is 1. The average Bonchev–Trinajstić information content (AvgIpc) is 3.47. The smallest absolute Gasteiger partial charge is 0.147 e. The summed E-state index contributed by atoms with van der Waals surface area (Å²) in [5, 5.41) is 2.43. The summed E-state index contributed by atoms with van der Waals surface area (Å²) in [6.45, 7) is 2.05. The Kier molecular flexibility index (Phi) is 4.54. The van der Waals surface area contributed by atoms with Crippen LogP contribution in [0.3, 0.4) is 0 Å². The lowest BCUT2D eigenvalue weighted by atomic mass is 10.0. The predicted molar refractivity (Wildman–Crippen MR) is 147 cm³/mol. The maximum atomic E-state index is 5.18. The Morgan fingerprint density at radius 1 is 0.629 bits per heavy atom. The third-order valence-corrected chi connectivity index (χ3v) is 7.68. The van der Waals surface area contributed by atoms with E-state index in [1.807, 2.05) is 6.92 Å². The van der Waals surface area contributed by atoms with Crippen molar-refractivity contribution in [3.8, 4) is 28.2 Å². The zero-order chi connectivity index (χ0) is 23.4. The Hall–Kier alpha value is -4.28. The zero-order valence-corrected chi connectivity index (χ0v) is 20.0. The summed E-state index contributed by atoms with van der Waals surface area (Å²) in [7, 11) is 0. The lowest BCUT2D eigenvalue weighted by molar-refractivity contribution is 1.11. The standard InChI is InChI=1S/C31H21N3S/c1-20-18-19-24-23-13-9-14-25(29(23)35-31(24)32-20)30-33-26-15-6-8-17-28(26)34(30)27-16-7-5-12-22(27)21-10-3-2-4-11-21/h2-19H,1H3. The van der Waals surface area contributed by atoms with E-state index in [1.54, 1.807) is 11.3 Å². The lowest BCUT2D eigenvalue weighted by Gasteiger charge is -2.15. The van der Waals surface area contributed by atoms with Gasteiger partial charge in [0.15, 0.2) is 0 Å². The summed E-state index contributed by atoms with van der Waals surface area (Å²) >= 11 is 1.75. The molecular formula is C31H21N3S. The highest BCUT2D eigenvalue weighted by Crippen LogP contribution is 2.41. The van der Waals surface area contributed by atoms with Crippen LogP contribution >= 0.6 is 11.3 Å². The summed E-state index contributed by atoms with van der Waals surface area (Å²) in [5.41, 5.74) is 7.73. The summed E-state index contributed by atoms with van der Waals surface area (Å²) in [6.07, 6.45) is 0. The normalized spacial score (nSPS) is 11.6. The number of thiophene rings is 1. The predicted octanol–water partition coefficient (Wildman–Crippen LogP) is 8.43. The van der Waals surface area contributed by atoms with E-state index in [9.17, 15) is 0 Å². The molecule has 0 atom stereocenters. The Morgan fingerprint density at radius 3 is 2.31 bits per heavy atom. The molecule has 0 N–H and O–H groups in total. The van der Waals surface area contributed by atoms with E-state index in [0.29, 0.717) is 0 Å². The topological polar surface area (TPSA) is 30.7 Å². The molecule has 4 aromatic carbocycles. The van der Waals surface area contributed by atoms with E-state index in [2.05, 4.69) is 114 Å². The SMILES string of the molecule is Cc1ccc2c(n1)sc1c(-c3nc4ccccc4n3-c3ccccc3-c3ccccc3)cccc12. The van der Waals surface area contributed by atoms with Gasteiger partial charge in [-0.3, -0.25) is 4.57 Å². The second-order valence-corrected chi connectivity index (χ2v) is 9.73. The van der Waals surface area contributed by atoms with Gasteiger partial charge in [0.25, 0.3) is 0 Å². The van der Waals surface area contributed by atoms with Gasteiger partial charge in [-0.25, -0.2) is 9.97 Å². The fourth-order valence-corrected chi connectivity index (χ4v) is 6.16. The molecule has 0 unspecified atom stereocenters. The van der Waals surface area contributed by atoms with Crippen molar-refractivity contribution < 1.29 is 0 Å². The third kappa shape index (κ3) is 3.18. The zero-order valence-electron chi connectivity index (χ0n) is 19.1. The molecule has 0 aliphatic heterocycles. The maximum absolute atomic E-state index is 5.18. The molecule has 7 aromatic rings. The first kappa shape index (κ1) is 20.1. The minimum Gasteiger partial charge on any atom is -0.292 e. The third-order valence-electron chi connectivity index (χ3n) is 6.53. The van der Waals surface area contributed by atoms with Crippen molar-refractivity contribution >= 4 is 42.7 Å². The highest BCUT2D eigenvalue weighted by molar-refractivity contribution is 7.26. The maximum Gasteiger partial charge on any atom is 0.147 e. The van der Waals surface area contributed by atoms with Crippen molar-refractivity contribution in [3.05, 3.63) is 115 Å². The molecule has 0 spiro atoms. The molecule has 3 heterocycles. The largest absolute Gasteiger partial charge is 0.292 e. The van der Waals surface area contributed by atoms with Gasteiger partial charge in [0, 0.05) is 32.3 Å². The second-order valence-electron chi connectivity index (χ2n) is 8.73. The van der Waals surface area contributed by atoms with Gasteiger partial charge in [-0.1, -0.05) is 72.8 Å². The highest BCUT2D eigenvalue weighted by Gasteiger charge is 2.20. The van der Waals surface area contributed by atoms with Crippen LogP contribution in [0.2, 0.25) is 0 Å². The number of rotatable bonds is 3. The molecule has 0 saturated heterocycles. The number of hydrogen-bond acceptors (Lipinski definition) is 3. The first-order chi connectivity index (χ1) is 17.3. The van der Waals surface area contributed by atoms with Crippen molar-refractivity contribution in [1.29, 1.82) is 0 Å². The van der Waals surface area contributed by atoms with Crippen molar-refractivity contribution in [1.82, 2.24) is 14.5 Å². The second kappa shape index (κ2) is 7.90. The van der Waals surface area contributed by atoms with Crippen LogP contribution in [0, 0.1) is 6.92 Å². The van der Waals surface area contributed by atoms with Gasteiger partial charge in [0.1, 0.15) is 10.7 Å². The molecule has 166 valence electrons. The van der Waals surface area contributed by atoms with Crippen molar-refractivity contribution in [3.63, 3.8) is 0 Å². The molecule has 0 amide bonds. The molecule has 0 fully saturated rings. The molecule has 0 bridgehead atoms. The molecule has 7 rings (SSSR count). The Balaban J connectivity index is 1.58. The van der Waals surface area contributed by atoms with E-state index in [1.165, 1.54) is 26.6 Å². The number of aryl methyl sites for hydroxylation is 1. The first-order valence-corrected chi connectivity index (χ1v) is 12.5. The van der Waals surface area contributed by atoms with Crippen molar-refractivity contribution in [2.24, 2.45) is 0 Å². The van der Waals surface area contributed by atoms with Gasteiger partial charge >= 0.3 is 0 Å². The summed E-state index contributed by atoms with van der Waals surface area (Å²) in [4.78, 5) is 11.1. The van der Waals surface area contributed by atoms with E-state index in [0.717, 1.165) is 38.6 Å². The number of nitrogens with zero attached hydrogens (tertiary/aromatic N) is 3. The number of para-hydroxylation sites is 3. The van der Waals surface area contributed by atoms with Crippen LogP contribution < -0.4 is 0 Å². The number of aromatic nitrogens is 3. The van der Waals surface area contributed by atoms with Gasteiger partial charge in [0.2, 0.25) is 0 Å². The van der Waals surface area contributed by atoms with E-state index < -0.39 is 0 Å². The van der Waals surface area contributed by atoms with Gasteiger partial charge in [-0.15, -0.1) is 11.3 Å². The van der Waals surface area contributed by atoms with Crippen LogP contribution in [0.15, 0.2) is 109 Å². The molecule has 0 saturated carbocycles. The fraction of sp³-hybridized carbons (Fsp3) is 0.0323. The van der Waals surface area contributed by atoms with E-state index >= 15 is 0 Å². The Bertz CT molecular complexity index is 1860. The molecule has 4 heteroatoms. The molecule has 0 aliphatic carbocycles. The summed E-state index contributed by atoms with van der Waals surface area (Å²) < 4.78 is 3.53. The van der Waals surface area contributed by atoms with Crippen molar-refractivity contribution in [2.45, 2.75) is 6.92 Å². The Labute approximate surface area is 207 Å². The molecule has 3 nitrogen and oxygen atoms in total. The lowest BCUT2D eigenvalue weighted by Crippen LogP contribution is -2.00. The van der Waals surface area contributed by atoms with Gasteiger partial charge < -0.3 is 0 Å². The average molecular weight is 468 g/mol. The fourth-order valence-electron chi connectivity index (χ4n) is 4.93. The van der Waals surface area contributed by atoms with Crippen LogP contribution in [0.1, 0.15) is 5.69 Å². The minimum atomic E-state index is 0.948. The van der Waals surface area contributed by atoms with Crippen molar-refractivity contribution in [2.75, 3.05) is 0 Å². The summed E-state index contributed by atoms with van der Waals surface area (Å²) in [6, 6.07) is 38.3. The van der Waals surface area contributed by atoms with Gasteiger partial charge in [-0.2, -0.15) is 0 Å². The quantitative estimate of drug-likeness (QED) is 0.261. The highest BCUT2D eigenvalue weighted by atomic mass is 32.1. The molecule has 0 aliphatic rings. The van der Waals surface area contributed by atoms with E-state index in [-0.39, 0.29) is 0 Å². The minimum absolute atomic E-state index is 0.948. The Morgan fingerprint density at radius 2 is 1.40 bits per heavy atom. The van der Waals surface area contributed by atoms with E-state index in [4.69, 9.17) is 9.97 Å².